The van der Waals surface area contributed by atoms with Crippen molar-refractivity contribution >= 4 is 29.3 Å². The van der Waals surface area contributed by atoms with Gasteiger partial charge < -0.3 is 15.1 Å². The van der Waals surface area contributed by atoms with Crippen LogP contribution in [0.5, 0.6) is 0 Å². The van der Waals surface area contributed by atoms with E-state index < -0.39 is 0 Å². The molecule has 2 amide bonds. The first kappa shape index (κ1) is 13.8. The summed E-state index contributed by atoms with van der Waals surface area (Å²) in [6.07, 6.45) is 2.05. The Bertz CT molecular complexity index is 668. The van der Waals surface area contributed by atoms with Gasteiger partial charge in [-0.3, -0.25) is 9.59 Å². The molecule has 0 saturated carbocycles. The molecule has 0 unspecified atom stereocenters. The first-order valence-electron chi connectivity index (χ1n) is 6.59. The van der Waals surface area contributed by atoms with Crippen LogP contribution in [-0.4, -0.2) is 17.6 Å². The van der Waals surface area contributed by atoms with Gasteiger partial charge in [-0.05, 0) is 30.3 Å². The van der Waals surface area contributed by atoms with Gasteiger partial charge in [0.2, 0.25) is 5.91 Å². The lowest BCUT2D eigenvalue weighted by atomic mass is 10.2. The normalized spacial score (nSPS) is 14.0. The fourth-order valence-corrected chi connectivity index (χ4v) is 2.98. The van der Waals surface area contributed by atoms with Gasteiger partial charge in [0.25, 0.3) is 5.91 Å². The van der Waals surface area contributed by atoms with E-state index in [1.807, 2.05) is 6.07 Å². The number of fused-ring (bicyclic) bond motifs is 1. The molecular formula is C15H14N2O3S. The van der Waals surface area contributed by atoms with Crippen molar-refractivity contribution in [1.82, 2.24) is 5.32 Å². The van der Waals surface area contributed by atoms with E-state index in [4.69, 9.17) is 4.42 Å². The van der Waals surface area contributed by atoms with Gasteiger partial charge in [-0.15, -0.1) is 11.8 Å². The van der Waals surface area contributed by atoms with Gasteiger partial charge in [0.05, 0.1) is 18.5 Å². The maximum absolute atomic E-state index is 12.1. The summed E-state index contributed by atoms with van der Waals surface area (Å²) < 4.78 is 5.17. The molecular weight excluding hydrogens is 288 g/mol. The molecule has 1 aliphatic heterocycles. The lowest BCUT2D eigenvalue weighted by Gasteiger charge is -2.09. The van der Waals surface area contributed by atoms with Crippen molar-refractivity contribution in [3.05, 3.63) is 47.9 Å². The fourth-order valence-electron chi connectivity index (χ4n) is 2.04. The van der Waals surface area contributed by atoms with Crippen molar-refractivity contribution in [3.8, 4) is 0 Å². The quantitative estimate of drug-likeness (QED) is 0.914. The highest BCUT2D eigenvalue weighted by Crippen LogP contribution is 2.31. The molecule has 108 valence electrons. The van der Waals surface area contributed by atoms with Crippen LogP contribution in [0, 0.1) is 0 Å². The molecule has 5 nitrogen and oxygen atoms in total. The number of amides is 2. The average molecular weight is 302 g/mol. The zero-order valence-corrected chi connectivity index (χ0v) is 12.0. The largest absolute Gasteiger partial charge is 0.467 e. The predicted octanol–water partition coefficient (Wildman–Crippen LogP) is 2.64. The standard InChI is InChI=1S/C15H14N2O3S/c18-14-5-7-21-13-4-3-10(8-12(13)17-14)15(19)16-9-11-2-1-6-20-11/h1-4,6,8H,5,7,9H2,(H,16,19)(H,17,18). The van der Waals surface area contributed by atoms with Crippen LogP contribution in [0.1, 0.15) is 22.5 Å². The number of carbonyl (C=O) groups excluding carboxylic acids is 2. The minimum atomic E-state index is -0.197. The van der Waals surface area contributed by atoms with E-state index in [9.17, 15) is 9.59 Å². The second-order valence-corrected chi connectivity index (χ2v) is 5.76. The van der Waals surface area contributed by atoms with E-state index in [1.165, 1.54) is 0 Å². The summed E-state index contributed by atoms with van der Waals surface area (Å²) in [6, 6.07) is 8.92. The highest BCUT2D eigenvalue weighted by Gasteiger charge is 2.15. The van der Waals surface area contributed by atoms with E-state index in [-0.39, 0.29) is 11.8 Å². The van der Waals surface area contributed by atoms with Crippen molar-refractivity contribution in [2.45, 2.75) is 17.9 Å². The molecule has 0 radical (unpaired) electrons. The number of hydrogen-bond acceptors (Lipinski definition) is 4. The SMILES string of the molecule is O=C1CCSc2ccc(C(=O)NCc3ccco3)cc2N1. The Labute approximate surface area is 126 Å². The van der Waals surface area contributed by atoms with E-state index in [0.29, 0.717) is 30.0 Å². The molecule has 2 N–H and O–H groups in total. The molecule has 3 rings (SSSR count). The van der Waals surface area contributed by atoms with Gasteiger partial charge in [0, 0.05) is 22.6 Å². The number of benzene rings is 1. The van der Waals surface area contributed by atoms with E-state index >= 15 is 0 Å². The lowest BCUT2D eigenvalue weighted by molar-refractivity contribution is -0.115. The summed E-state index contributed by atoms with van der Waals surface area (Å²) in [5, 5.41) is 5.61. The van der Waals surface area contributed by atoms with Gasteiger partial charge in [-0.2, -0.15) is 0 Å². The minimum Gasteiger partial charge on any atom is -0.467 e. The zero-order chi connectivity index (χ0) is 14.7. The maximum Gasteiger partial charge on any atom is 0.251 e. The summed E-state index contributed by atoms with van der Waals surface area (Å²) in [4.78, 5) is 24.7. The highest BCUT2D eigenvalue weighted by atomic mass is 32.2. The first-order chi connectivity index (χ1) is 10.2. The number of nitrogens with one attached hydrogen (secondary N) is 2. The second-order valence-electron chi connectivity index (χ2n) is 4.62. The Morgan fingerprint density at radius 1 is 1.38 bits per heavy atom. The lowest BCUT2D eigenvalue weighted by Crippen LogP contribution is -2.22. The molecule has 0 atom stereocenters. The smallest absolute Gasteiger partial charge is 0.251 e. The summed E-state index contributed by atoms with van der Waals surface area (Å²) >= 11 is 1.62. The molecule has 2 heterocycles. The van der Waals surface area contributed by atoms with Gasteiger partial charge in [0.15, 0.2) is 0 Å². The van der Waals surface area contributed by atoms with Crippen molar-refractivity contribution in [1.29, 1.82) is 0 Å². The molecule has 0 aliphatic carbocycles. The molecule has 21 heavy (non-hydrogen) atoms. The van der Waals surface area contributed by atoms with E-state index in [0.717, 1.165) is 10.6 Å². The fraction of sp³-hybridized carbons (Fsp3) is 0.200. The number of anilines is 1. The van der Waals surface area contributed by atoms with Crippen LogP contribution in [0.2, 0.25) is 0 Å². The summed E-state index contributed by atoms with van der Waals surface area (Å²) in [5.74, 6) is 1.23. The van der Waals surface area contributed by atoms with Gasteiger partial charge >= 0.3 is 0 Å². The Kier molecular flexibility index (Phi) is 3.96. The van der Waals surface area contributed by atoms with E-state index in [1.54, 1.807) is 42.3 Å². The summed E-state index contributed by atoms with van der Waals surface area (Å²) in [5.41, 5.74) is 1.22. The molecule has 0 saturated heterocycles. The zero-order valence-electron chi connectivity index (χ0n) is 11.2. The molecule has 6 heteroatoms. The van der Waals surface area contributed by atoms with Crippen LogP contribution in [0.25, 0.3) is 0 Å². The summed E-state index contributed by atoms with van der Waals surface area (Å²) in [7, 11) is 0. The summed E-state index contributed by atoms with van der Waals surface area (Å²) in [6.45, 7) is 0.337. The van der Waals surface area contributed by atoms with Crippen LogP contribution in [0.4, 0.5) is 5.69 Å². The third-order valence-corrected chi connectivity index (χ3v) is 4.18. The average Bonchev–Trinajstić information content (AvgIpc) is 2.92. The third-order valence-electron chi connectivity index (χ3n) is 3.11. The van der Waals surface area contributed by atoms with Crippen LogP contribution < -0.4 is 10.6 Å². The van der Waals surface area contributed by atoms with Crippen molar-refractivity contribution in [2.24, 2.45) is 0 Å². The molecule has 1 aromatic carbocycles. The van der Waals surface area contributed by atoms with Gasteiger partial charge in [-0.25, -0.2) is 0 Å². The predicted molar refractivity (Wildman–Crippen MR) is 80.3 cm³/mol. The molecule has 1 aromatic heterocycles. The topological polar surface area (TPSA) is 71.3 Å². The molecule has 0 spiro atoms. The number of hydrogen-bond donors (Lipinski definition) is 2. The third kappa shape index (κ3) is 3.28. The van der Waals surface area contributed by atoms with Gasteiger partial charge in [0.1, 0.15) is 5.76 Å². The Morgan fingerprint density at radius 3 is 3.10 bits per heavy atom. The number of carbonyl (C=O) groups is 2. The second kappa shape index (κ2) is 6.05. The van der Waals surface area contributed by atoms with Crippen LogP contribution in [0.15, 0.2) is 45.9 Å². The number of furan rings is 1. The van der Waals surface area contributed by atoms with Crippen molar-refractivity contribution in [2.75, 3.05) is 11.1 Å². The monoisotopic (exact) mass is 302 g/mol. The molecule has 1 aliphatic rings. The van der Waals surface area contributed by atoms with Crippen LogP contribution in [0.3, 0.4) is 0 Å². The van der Waals surface area contributed by atoms with Gasteiger partial charge in [-0.1, -0.05) is 0 Å². The Balaban J connectivity index is 1.73. The van der Waals surface area contributed by atoms with Crippen molar-refractivity contribution in [3.63, 3.8) is 0 Å². The molecule has 0 bridgehead atoms. The van der Waals surface area contributed by atoms with Crippen molar-refractivity contribution < 1.29 is 14.0 Å². The first-order valence-corrected chi connectivity index (χ1v) is 7.58. The number of thioether (sulfide) groups is 1. The molecule has 0 fully saturated rings. The minimum absolute atomic E-state index is 0.0191. The number of rotatable bonds is 3. The van der Waals surface area contributed by atoms with Crippen LogP contribution in [-0.2, 0) is 11.3 Å². The Morgan fingerprint density at radius 2 is 2.29 bits per heavy atom. The van der Waals surface area contributed by atoms with Crippen LogP contribution >= 0.6 is 11.8 Å². The highest BCUT2D eigenvalue weighted by molar-refractivity contribution is 7.99. The maximum atomic E-state index is 12.1. The molecule has 2 aromatic rings. The Hall–Kier alpha value is -2.21. The van der Waals surface area contributed by atoms with E-state index in [2.05, 4.69) is 10.6 Å².